The van der Waals surface area contributed by atoms with Crippen LogP contribution in [0, 0.1) is 11.8 Å². The highest BCUT2D eigenvalue weighted by Crippen LogP contribution is 2.25. The zero-order valence-electron chi connectivity index (χ0n) is 17.6. The van der Waals surface area contributed by atoms with Crippen molar-refractivity contribution < 1.29 is 4.79 Å². The number of hydrogen-bond donors (Lipinski definition) is 1. The van der Waals surface area contributed by atoms with E-state index >= 15 is 0 Å². The summed E-state index contributed by atoms with van der Waals surface area (Å²) in [7, 11) is 0. The first kappa shape index (κ1) is 19.7. The summed E-state index contributed by atoms with van der Waals surface area (Å²) < 4.78 is 0. The summed E-state index contributed by atoms with van der Waals surface area (Å²) in [6, 6.07) is 12.4. The van der Waals surface area contributed by atoms with Gasteiger partial charge >= 0.3 is 0 Å². The van der Waals surface area contributed by atoms with Crippen LogP contribution in [0.3, 0.4) is 0 Å². The molecule has 29 heavy (non-hydrogen) atoms. The second-order valence-corrected chi connectivity index (χ2v) is 8.77. The fourth-order valence-corrected chi connectivity index (χ4v) is 4.32. The van der Waals surface area contributed by atoms with Crippen molar-refractivity contribution >= 4 is 23.0 Å². The van der Waals surface area contributed by atoms with Crippen LogP contribution >= 0.6 is 0 Å². The number of rotatable bonds is 4. The van der Waals surface area contributed by atoms with E-state index in [9.17, 15) is 4.79 Å². The Bertz CT molecular complexity index is 810. The minimum absolute atomic E-state index is 0.0447. The Morgan fingerprint density at radius 2 is 1.66 bits per heavy atom. The molecule has 1 amide bonds. The monoisotopic (exact) mass is 392 g/mol. The maximum Gasteiger partial charge on any atom is 0.272 e. The Morgan fingerprint density at radius 1 is 0.931 bits per heavy atom. The van der Waals surface area contributed by atoms with Crippen LogP contribution in [0.15, 0.2) is 42.6 Å². The molecule has 154 valence electrons. The lowest BCUT2D eigenvalue weighted by molar-refractivity contribution is 0.0677. The van der Waals surface area contributed by atoms with Gasteiger partial charge < -0.3 is 15.1 Å². The van der Waals surface area contributed by atoms with Gasteiger partial charge in [-0.25, -0.2) is 4.98 Å². The van der Waals surface area contributed by atoms with Crippen LogP contribution in [0.5, 0.6) is 0 Å². The standard InChI is InChI=1S/C24H32N4O/c1-18-11-14-27(15-12-18)22-8-5-20(6-9-22)26-21-7-10-23(25-16-21)24(29)28-13-3-4-19(2)17-28/h5-10,16,18-19,26H,3-4,11-15,17H2,1-2H3. The molecule has 1 unspecified atom stereocenters. The van der Waals surface area contributed by atoms with Crippen LogP contribution < -0.4 is 10.2 Å². The predicted octanol–water partition coefficient (Wildman–Crippen LogP) is 4.93. The van der Waals surface area contributed by atoms with Crippen molar-refractivity contribution in [3.8, 4) is 0 Å². The van der Waals surface area contributed by atoms with Crippen molar-refractivity contribution in [1.82, 2.24) is 9.88 Å². The second-order valence-electron chi connectivity index (χ2n) is 8.77. The Kier molecular flexibility index (Phi) is 6.02. The maximum absolute atomic E-state index is 12.7. The lowest BCUT2D eigenvalue weighted by Gasteiger charge is -2.32. The van der Waals surface area contributed by atoms with Gasteiger partial charge in [0.2, 0.25) is 0 Å². The molecule has 2 fully saturated rings. The number of hydrogen-bond acceptors (Lipinski definition) is 4. The molecule has 1 atom stereocenters. The third-order valence-corrected chi connectivity index (χ3v) is 6.23. The molecule has 5 nitrogen and oxygen atoms in total. The van der Waals surface area contributed by atoms with Gasteiger partial charge in [0.25, 0.3) is 5.91 Å². The number of carbonyl (C=O) groups is 1. The lowest BCUT2D eigenvalue weighted by atomic mass is 9.99. The van der Waals surface area contributed by atoms with Crippen molar-refractivity contribution in [2.45, 2.75) is 39.5 Å². The van der Waals surface area contributed by atoms with Gasteiger partial charge in [-0.1, -0.05) is 13.8 Å². The Labute approximate surface area is 174 Å². The predicted molar refractivity (Wildman–Crippen MR) is 119 cm³/mol. The molecule has 0 saturated carbocycles. The van der Waals surface area contributed by atoms with Crippen LogP contribution in [0.1, 0.15) is 50.0 Å². The van der Waals surface area contributed by atoms with Crippen LogP contribution in [0.4, 0.5) is 17.1 Å². The number of benzene rings is 1. The summed E-state index contributed by atoms with van der Waals surface area (Å²) in [6.07, 6.45) is 6.58. The summed E-state index contributed by atoms with van der Waals surface area (Å²) in [6.45, 7) is 8.50. The number of likely N-dealkylation sites (tertiary alicyclic amines) is 1. The smallest absolute Gasteiger partial charge is 0.272 e. The molecular weight excluding hydrogens is 360 g/mol. The summed E-state index contributed by atoms with van der Waals surface area (Å²) in [5.41, 5.74) is 3.74. The van der Waals surface area contributed by atoms with E-state index in [0.717, 1.165) is 49.9 Å². The molecule has 1 aromatic heterocycles. The minimum atomic E-state index is 0.0447. The highest BCUT2D eigenvalue weighted by Gasteiger charge is 2.22. The third kappa shape index (κ3) is 4.89. The van der Waals surface area contributed by atoms with Crippen molar-refractivity contribution in [2.75, 3.05) is 36.4 Å². The van der Waals surface area contributed by atoms with E-state index in [1.807, 2.05) is 17.0 Å². The highest BCUT2D eigenvalue weighted by molar-refractivity contribution is 5.92. The number of pyridine rings is 1. The van der Waals surface area contributed by atoms with Gasteiger partial charge in [-0.2, -0.15) is 0 Å². The van der Waals surface area contributed by atoms with Crippen LogP contribution in [0.25, 0.3) is 0 Å². The molecule has 0 bridgehead atoms. The van der Waals surface area contributed by atoms with Crippen LogP contribution in [-0.2, 0) is 0 Å². The molecule has 0 spiro atoms. The molecule has 4 rings (SSSR count). The average molecular weight is 393 g/mol. The fraction of sp³-hybridized carbons (Fsp3) is 0.500. The second kappa shape index (κ2) is 8.85. The summed E-state index contributed by atoms with van der Waals surface area (Å²) in [5, 5.41) is 3.39. The first-order valence-electron chi connectivity index (χ1n) is 11.0. The topological polar surface area (TPSA) is 48.5 Å². The van der Waals surface area contributed by atoms with Crippen LogP contribution in [0.2, 0.25) is 0 Å². The van der Waals surface area contributed by atoms with E-state index in [0.29, 0.717) is 11.6 Å². The van der Waals surface area contributed by atoms with E-state index in [-0.39, 0.29) is 5.91 Å². The first-order valence-corrected chi connectivity index (χ1v) is 11.0. The lowest BCUT2D eigenvalue weighted by Crippen LogP contribution is -2.39. The molecule has 0 aliphatic carbocycles. The van der Waals surface area contributed by atoms with Crippen LogP contribution in [-0.4, -0.2) is 42.0 Å². The number of nitrogens with one attached hydrogen (secondary N) is 1. The molecule has 2 saturated heterocycles. The first-order chi connectivity index (χ1) is 14.1. The van der Waals surface area contributed by atoms with Crippen molar-refractivity contribution in [3.05, 3.63) is 48.3 Å². The van der Waals surface area contributed by atoms with E-state index in [1.165, 1.54) is 24.9 Å². The number of aromatic nitrogens is 1. The molecule has 1 N–H and O–H groups in total. The number of nitrogens with zero attached hydrogens (tertiary/aromatic N) is 3. The SMILES string of the molecule is CC1CCN(c2ccc(Nc3ccc(C(=O)N4CCCC(C)C4)nc3)cc2)CC1. The normalized spacial score (nSPS) is 20.6. The zero-order chi connectivity index (χ0) is 20.2. The largest absolute Gasteiger partial charge is 0.372 e. The fourth-order valence-electron chi connectivity index (χ4n) is 4.32. The number of amides is 1. The molecule has 5 heteroatoms. The van der Waals surface area contributed by atoms with Gasteiger partial charge in [0, 0.05) is 37.6 Å². The number of carbonyl (C=O) groups excluding carboxylic acids is 1. The van der Waals surface area contributed by atoms with Gasteiger partial charge in [-0.15, -0.1) is 0 Å². The molecular formula is C24H32N4O. The Morgan fingerprint density at radius 3 is 2.31 bits per heavy atom. The number of piperidine rings is 2. The molecule has 1 aromatic carbocycles. The van der Waals surface area contributed by atoms with Crippen molar-refractivity contribution in [1.29, 1.82) is 0 Å². The van der Waals surface area contributed by atoms with Gasteiger partial charge in [0.05, 0.1) is 11.9 Å². The summed E-state index contributed by atoms with van der Waals surface area (Å²) >= 11 is 0. The average Bonchev–Trinajstić information content (AvgIpc) is 2.75. The van der Waals surface area contributed by atoms with E-state index in [1.54, 1.807) is 6.20 Å². The minimum Gasteiger partial charge on any atom is -0.372 e. The summed E-state index contributed by atoms with van der Waals surface area (Å²) in [4.78, 5) is 21.5. The Hall–Kier alpha value is -2.56. The molecule has 2 aromatic rings. The Balaban J connectivity index is 1.35. The summed E-state index contributed by atoms with van der Waals surface area (Å²) in [5.74, 6) is 1.46. The van der Waals surface area contributed by atoms with Crippen molar-refractivity contribution in [3.63, 3.8) is 0 Å². The van der Waals surface area contributed by atoms with Gasteiger partial charge in [-0.3, -0.25) is 4.79 Å². The molecule has 0 radical (unpaired) electrons. The maximum atomic E-state index is 12.7. The van der Waals surface area contributed by atoms with E-state index in [2.05, 4.69) is 53.3 Å². The van der Waals surface area contributed by atoms with E-state index < -0.39 is 0 Å². The molecule has 3 heterocycles. The quantitative estimate of drug-likeness (QED) is 0.801. The van der Waals surface area contributed by atoms with Gasteiger partial charge in [-0.05, 0) is 73.9 Å². The van der Waals surface area contributed by atoms with E-state index in [4.69, 9.17) is 0 Å². The highest BCUT2D eigenvalue weighted by atomic mass is 16.2. The molecule has 2 aliphatic heterocycles. The van der Waals surface area contributed by atoms with Crippen molar-refractivity contribution in [2.24, 2.45) is 11.8 Å². The van der Waals surface area contributed by atoms with Gasteiger partial charge in [0.15, 0.2) is 0 Å². The zero-order valence-corrected chi connectivity index (χ0v) is 17.6. The molecule has 2 aliphatic rings. The van der Waals surface area contributed by atoms with Gasteiger partial charge in [0.1, 0.15) is 5.69 Å². The third-order valence-electron chi connectivity index (χ3n) is 6.23. The number of anilines is 3.